The Labute approximate surface area is 124 Å². The summed E-state index contributed by atoms with van der Waals surface area (Å²) in [5.74, 6) is -1.25. The first-order valence-corrected chi connectivity index (χ1v) is 7.26. The van der Waals surface area contributed by atoms with E-state index in [9.17, 15) is 14.7 Å². The third-order valence-electron chi connectivity index (χ3n) is 3.93. The summed E-state index contributed by atoms with van der Waals surface area (Å²) in [6.07, 6.45) is 1.76. The number of carboxylic acids is 1. The number of aliphatic carboxylic acids is 1. The van der Waals surface area contributed by atoms with Crippen molar-refractivity contribution in [2.75, 3.05) is 13.2 Å². The Hall–Kier alpha value is -1.88. The predicted octanol–water partition coefficient (Wildman–Crippen LogP) is 1.54. The van der Waals surface area contributed by atoms with Crippen molar-refractivity contribution >= 4 is 11.9 Å². The van der Waals surface area contributed by atoms with Gasteiger partial charge in [0.2, 0.25) is 5.91 Å². The molecule has 2 N–H and O–H groups in total. The van der Waals surface area contributed by atoms with Crippen LogP contribution in [-0.4, -0.2) is 35.7 Å². The van der Waals surface area contributed by atoms with Gasteiger partial charge in [0.15, 0.2) is 0 Å². The minimum absolute atomic E-state index is 0.194. The molecule has 1 amide bonds. The second kappa shape index (κ2) is 6.72. The van der Waals surface area contributed by atoms with Gasteiger partial charge in [-0.25, -0.2) is 4.79 Å². The lowest BCUT2D eigenvalue weighted by Gasteiger charge is -2.33. The topological polar surface area (TPSA) is 75.6 Å². The molecule has 1 heterocycles. The van der Waals surface area contributed by atoms with Crippen LogP contribution in [0.3, 0.4) is 0 Å². The van der Waals surface area contributed by atoms with Gasteiger partial charge in [-0.1, -0.05) is 31.2 Å². The number of benzene rings is 1. The molecule has 0 unspecified atom stereocenters. The molecule has 1 saturated heterocycles. The van der Waals surface area contributed by atoms with Crippen molar-refractivity contribution in [3.63, 3.8) is 0 Å². The van der Waals surface area contributed by atoms with Crippen LogP contribution in [-0.2, 0) is 27.2 Å². The molecule has 0 spiro atoms. The van der Waals surface area contributed by atoms with Gasteiger partial charge in [0.05, 0.1) is 6.42 Å². The molecule has 2 rings (SSSR count). The van der Waals surface area contributed by atoms with Crippen LogP contribution in [0.4, 0.5) is 0 Å². The van der Waals surface area contributed by atoms with E-state index in [1.54, 1.807) is 0 Å². The average molecular weight is 291 g/mol. The number of carbonyl (C=O) groups is 2. The number of rotatable bonds is 5. The second-order valence-corrected chi connectivity index (χ2v) is 5.39. The molecule has 0 saturated carbocycles. The molecule has 1 aliphatic heterocycles. The molecule has 0 aliphatic carbocycles. The third kappa shape index (κ3) is 3.82. The van der Waals surface area contributed by atoms with Gasteiger partial charge in [-0.3, -0.25) is 4.79 Å². The average Bonchev–Trinajstić information content (AvgIpc) is 2.48. The fourth-order valence-electron chi connectivity index (χ4n) is 2.50. The van der Waals surface area contributed by atoms with Crippen molar-refractivity contribution in [1.29, 1.82) is 0 Å². The summed E-state index contributed by atoms with van der Waals surface area (Å²) < 4.78 is 5.19. The van der Waals surface area contributed by atoms with E-state index in [0.29, 0.717) is 26.1 Å². The molecule has 5 heteroatoms. The standard InChI is InChI=1S/C16H21NO4/c1-2-12-3-5-13(6-4-12)11-14(18)17-16(15(19)20)7-9-21-10-8-16/h3-6H,2,7-11H2,1H3,(H,17,18)(H,19,20). The largest absolute Gasteiger partial charge is 0.480 e. The summed E-state index contributed by atoms with van der Waals surface area (Å²) >= 11 is 0. The number of hydrogen-bond donors (Lipinski definition) is 2. The molecule has 1 aromatic rings. The highest BCUT2D eigenvalue weighted by molar-refractivity contribution is 5.88. The number of carboxylic acid groups (broad SMARTS) is 1. The van der Waals surface area contributed by atoms with Gasteiger partial charge in [-0.15, -0.1) is 0 Å². The Morgan fingerprint density at radius 1 is 1.19 bits per heavy atom. The Morgan fingerprint density at radius 2 is 1.76 bits per heavy atom. The smallest absolute Gasteiger partial charge is 0.329 e. The Balaban J connectivity index is 2.00. The fraction of sp³-hybridized carbons (Fsp3) is 0.500. The third-order valence-corrected chi connectivity index (χ3v) is 3.93. The van der Waals surface area contributed by atoms with Gasteiger partial charge in [-0.2, -0.15) is 0 Å². The normalized spacial score (nSPS) is 17.2. The van der Waals surface area contributed by atoms with Crippen LogP contribution >= 0.6 is 0 Å². The fourth-order valence-corrected chi connectivity index (χ4v) is 2.50. The number of aryl methyl sites for hydroxylation is 1. The van der Waals surface area contributed by atoms with E-state index in [2.05, 4.69) is 12.2 Å². The van der Waals surface area contributed by atoms with E-state index < -0.39 is 11.5 Å². The number of hydrogen-bond acceptors (Lipinski definition) is 3. The van der Waals surface area contributed by atoms with Crippen LogP contribution in [0.1, 0.15) is 30.9 Å². The molecule has 1 aliphatic rings. The second-order valence-electron chi connectivity index (χ2n) is 5.39. The molecule has 1 aromatic carbocycles. The van der Waals surface area contributed by atoms with Crippen LogP contribution in [0.25, 0.3) is 0 Å². The van der Waals surface area contributed by atoms with Gasteiger partial charge in [0.1, 0.15) is 5.54 Å². The monoisotopic (exact) mass is 291 g/mol. The maximum atomic E-state index is 12.1. The zero-order chi connectivity index (χ0) is 15.3. The highest BCUT2D eigenvalue weighted by Gasteiger charge is 2.41. The Kier molecular flexibility index (Phi) is 4.96. The quantitative estimate of drug-likeness (QED) is 0.863. The highest BCUT2D eigenvalue weighted by Crippen LogP contribution is 2.21. The van der Waals surface area contributed by atoms with Crippen LogP contribution in [0, 0.1) is 0 Å². The summed E-state index contributed by atoms with van der Waals surface area (Å²) in [5.41, 5.74) is 0.918. The SMILES string of the molecule is CCc1ccc(CC(=O)NC2(C(=O)O)CCOCC2)cc1. The molecule has 0 atom stereocenters. The Morgan fingerprint density at radius 3 is 2.29 bits per heavy atom. The maximum absolute atomic E-state index is 12.1. The van der Waals surface area contributed by atoms with Gasteiger partial charge < -0.3 is 15.2 Å². The lowest BCUT2D eigenvalue weighted by Crippen LogP contribution is -2.57. The van der Waals surface area contributed by atoms with Crippen molar-refractivity contribution in [3.05, 3.63) is 35.4 Å². The number of amides is 1. The zero-order valence-corrected chi connectivity index (χ0v) is 12.2. The van der Waals surface area contributed by atoms with Gasteiger partial charge >= 0.3 is 5.97 Å². The van der Waals surface area contributed by atoms with Crippen LogP contribution in [0.5, 0.6) is 0 Å². The Bertz CT molecular complexity index is 504. The summed E-state index contributed by atoms with van der Waals surface area (Å²) in [7, 11) is 0. The van der Waals surface area contributed by atoms with E-state index in [4.69, 9.17) is 4.74 Å². The van der Waals surface area contributed by atoms with Gasteiger partial charge in [-0.05, 0) is 17.5 Å². The minimum atomic E-state index is -1.18. The molecular weight excluding hydrogens is 270 g/mol. The molecule has 0 aromatic heterocycles. The molecule has 0 bridgehead atoms. The highest BCUT2D eigenvalue weighted by atomic mass is 16.5. The predicted molar refractivity (Wildman–Crippen MR) is 78.1 cm³/mol. The maximum Gasteiger partial charge on any atom is 0.329 e. The molecule has 21 heavy (non-hydrogen) atoms. The van der Waals surface area contributed by atoms with Gasteiger partial charge in [0, 0.05) is 26.1 Å². The lowest BCUT2D eigenvalue weighted by molar-refractivity contribution is -0.152. The summed E-state index contributed by atoms with van der Waals surface area (Å²) in [6.45, 7) is 2.79. The van der Waals surface area contributed by atoms with Crippen LogP contribution < -0.4 is 5.32 Å². The van der Waals surface area contributed by atoms with Crippen molar-refractivity contribution in [2.24, 2.45) is 0 Å². The van der Waals surface area contributed by atoms with Crippen molar-refractivity contribution in [1.82, 2.24) is 5.32 Å². The minimum Gasteiger partial charge on any atom is -0.480 e. The van der Waals surface area contributed by atoms with Crippen molar-refractivity contribution < 1.29 is 19.4 Å². The molecule has 114 valence electrons. The van der Waals surface area contributed by atoms with Crippen LogP contribution in [0.15, 0.2) is 24.3 Å². The van der Waals surface area contributed by atoms with Crippen molar-refractivity contribution in [2.45, 2.75) is 38.1 Å². The first kappa shape index (κ1) is 15.5. The molecular formula is C16H21NO4. The van der Waals surface area contributed by atoms with Gasteiger partial charge in [0.25, 0.3) is 0 Å². The first-order valence-electron chi connectivity index (χ1n) is 7.26. The first-order chi connectivity index (χ1) is 10.1. The van der Waals surface area contributed by atoms with Crippen molar-refractivity contribution in [3.8, 4) is 0 Å². The van der Waals surface area contributed by atoms with E-state index in [0.717, 1.165) is 12.0 Å². The number of ether oxygens (including phenoxy) is 1. The number of carbonyl (C=O) groups excluding carboxylic acids is 1. The summed E-state index contributed by atoms with van der Waals surface area (Å²) in [6, 6.07) is 7.81. The number of nitrogens with one attached hydrogen (secondary N) is 1. The van der Waals surface area contributed by atoms with Crippen LogP contribution in [0.2, 0.25) is 0 Å². The van der Waals surface area contributed by atoms with E-state index in [1.807, 2.05) is 24.3 Å². The van der Waals surface area contributed by atoms with E-state index >= 15 is 0 Å². The zero-order valence-electron chi connectivity index (χ0n) is 12.2. The molecule has 0 radical (unpaired) electrons. The molecule has 5 nitrogen and oxygen atoms in total. The lowest BCUT2D eigenvalue weighted by atomic mass is 9.89. The summed E-state index contributed by atoms with van der Waals surface area (Å²) in [5, 5.41) is 12.1. The van der Waals surface area contributed by atoms with E-state index in [-0.39, 0.29) is 12.3 Å². The summed E-state index contributed by atoms with van der Waals surface area (Å²) in [4.78, 5) is 23.6. The molecule has 1 fully saturated rings. The van der Waals surface area contributed by atoms with E-state index in [1.165, 1.54) is 5.56 Å².